The number of nitriles is 1. The lowest BCUT2D eigenvalue weighted by Gasteiger charge is -2.36. The Balaban J connectivity index is 1.60. The van der Waals surface area contributed by atoms with Gasteiger partial charge in [0.05, 0.1) is 39.7 Å². The number of sulfone groups is 1. The summed E-state index contributed by atoms with van der Waals surface area (Å²) in [6, 6.07) is 10.7. The molecule has 10 heteroatoms. The van der Waals surface area contributed by atoms with E-state index in [9.17, 15) is 17.6 Å². The van der Waals surface area contributed by atoms with E-state index in [0.29, 0.717) is 37.6 Å². The number of carbonyl (C=O) groups is 1. The van der Waals surface area contributed by atoms with Crippen LogP contribution < -0.4 is 4.90 Å². The van der Waals surface area contributed by atoms with Gasteiger partial charge in [-0.05, 0) is 48.9 Å². The topological polar surface area (TPSA) is 99.3 Å². The molecule has 8 nitrogen and oxygen atoms in total. The maximum atomic E-state index is 14.4. The molecule has 0 bridgehead atoms. The molecule has 0 N–H and O–H groups in total. The maximum absolute atomic E-state index is 14.4. The zero-order valence-corrected chi connectivity index (χ0v) is 19.0. The van der Waals surface area contributed by atoms with E-state index < -0.39 is 15.7 Å². The van der Waals surface area contributed by atoms with Gasteiger partial charge in [0, 0.05) is 38.6 Å². The Morgan fingerprint density at radius 3 is 2.36 bits per heavy atom. The van der Waals surface area contributed by atoms with Gasteiger partial charge in [0.2, 0.25) is 0 Å². The van der Waals surface area contributed by atoms with Crippen LogP contribution in [-0.2, 0) is 9.84 Å². The van der Waals surface area contributed by atoms with E-state index >= 15 is 0 Å². The highest BCUT2D eigenvalue weighted by Gasteiger charge is 2.27. The predicted octanol–water partition coefficient (Wildman–Crippen LogP) is 2.56. The third kappa shape index (κ3) is 4.59. The monoisotopic (exact) mass is 467 g/mol. The van der Waals surface area contributed by atoms with Gasteiger partial charge in [-0.25, -0.2) is 17.5 Å². The Morgan fingerprint density at radius 1 is 1.09 bits per heavy atom. The third-order valence-electron chi connectivity index (χ3n) is 5.57. The summed E-state index contributed by atoms with van der Waals surface area (Å²) >= 11 is 0. The summed E-state index contributed by atoms with van der Waals surface area (Å²) < 4.78 is 40.2. The fourth-order valence-electron chi connectivity index (χ4n) is 3.82. The minimum atomic E-state index is -3.51. The van der Waals surface area contributed by atoms with E-state index in [-0.39, 0.29) is 21.9 Å². The number of hydrogen-bond donors (Lipinski definition) is 0. The van der Waals surface area contributed by atoms with Crippen molar-refractivity contribution in [3.05, 3.63) is 71.3 Å². The van der Waals surface area contributed by atoms with Crippen LogP contribution in [0.5, 0.6) is 0 Å². The minimum Gasteiger partial charge on any atom is -0.366 e. The number of carbonyl (C=O) groups excluding carboxylic acids is 1. The quantitative estimate of drug-likeness (QED) is 0.585. The van der Waals surface area contributed by atoms with E-state index in [4.69, 9.17) is 5.26 Å². The lowest BCUT2D eigenvalue weighted by Crippen LogP contribution is -2.49. The van der Waals surface area contributed by atoms with E-state index in [1.165, 1.54) is 18.2 Å². The molecule has 0 spiro atoms. The molecular weight excluding hydrogens is 445 g/mol. The number of halogens is 1. The highest BCUT2D eigenvalue weighted by Crippen LogP contribution is 2.25. The fraction of sp³-hybridized carbons (Fsp3) is 0.261. The van der Waals surface area contributed by atoms with Gasteiger partial charge in [0.1, 0.15) is 5.82 Å². The zero-order chi connectivity index (χ0) is 23.8. The van der Waals surface area contributed by atoms with Gasteiger partial charge in [-0.3, -0.25) is 4.79 Å². The number of hydrogen-bond acceptors (Lipinski definition) is 6. The molecule has 2 heterocycles. The van der Waals surface area contributed by atoms with Crippen LogP contribution in [0.15, 0.2) is 53.7 Å². The molecule has 1 amide bonds. The molecule has 1 aromatic heterocycles. The van der Waals surface area contributed by atoms with Gasteiger partial charge >= 0.3 is 0 Å². The van der Waals surface area contributed by atoms with Crippen LogP contribution in [0.3, 0.4) is 0 Å². The number of piperazine rings is 1. The summed E-state index contributed by atoms with van der Waals surface area (Å²) in [6.07, 6.45) is 4.51. The van der Waals surface area contributed by atoms with Crippen molar-refractivity contribution >= 4 is 21.4 Å². The highest BCUT2D eigenvalue weighted by atomic mass is 32.2. The zero-order valence-electron chi connectivity index (χ0n) is 18.2. The average Bonchev–Trinajstić information content (AvgIpc) is 3.23. The van der Waals surface area contributed by atoms with Crippen LogP contribution in [0.4, 0.5) is 10.1 Å². The molecule has 4 rings (SSSR count). The third-order valence-corrected chi connectivity index (χ3v) is 6.68. The van der Waals surface area contributed by atoms with E-state index in [1.54, 1.807) is 40.2 Å². The largest absolute Gasteiger partial charge is 0.366 e. The Labute approximate surface area is 191 Å². The molecule has 1 fully saturated rings. The SMILES string of the molecule is Cc1cnn(-c2ccc(S(C)(=O)=O)cc2C(=O)N2CCN(c3ccc(C#N)cc3F)CC2)c1. The molecule has 0 atom stereocenters. The van der Waals surface area contributed by atoms with Gasteiger partial charge < -0.3 is 9.80 Å². The number of amides is 1. The normalized spacial score (nSPS) is 14.2. The predicted molar refractivity (Wildman–Crippen MR) is 121 cm³/mol. The van der Waals surface area contributed by atoms with Gasteiger partial charge in [0.25, 0.3) is 5.91 Å². The van der Waals surface area contributed by atoms with Crippen LogP contribution in [0, 0.1) is 24.1 Å². The summed E-state index contributed by atoms with van der Waals surface area (Å²) in [4.78, 5) is 16.9. The van der Waals surface area contributed by atoms with Crippen LogP contribution in [0.1, 0.15) is 21.5 Å². The number of anilines is 1. The van der Waals surface area contributed by atoms with Gasteiger partial charge in [-0.2, -0.15) is 10.4 Å². The molecule has 33 heavy (non-hydrogen) atoms. The van der Waals surface area contributed by atoms with Gasteiger partial charge in [-0.1, -0.05) is 0 Å². The smallest absolute Gasteiger partial charge is 0.256 e. The lowest BCUT2D eigenvalue weighted by atomic mass is 10.1. The molecule has 0 unspecified atom stereocenters. The standard InChI is InChI=1S/C23H22FN5O3S/c1-16-14-26-29(15-16)21-6-4-18(33(2,31)32)12-19(21)23(30)28-9-7-27(8-10-28)22-5-3-17(13-25)11-20(22)24/h3-6,11-12,14-15H,7-10H2,1-2H3. The van der Waals surface area contributed by atoms with E-state index in [0.717, 1.165) is 11.8 Å². The van der Waals surface area contributed by atoms with Crippen molar-refractivity contribution in [2.24, 2.45) is 0 Å². The molecule has 3 aromatic rings. The first kappa shape index (κ1) is 22.5. The van der Waals surface area contributed by atoms with Crippen molar-refractivity contribution in [2.75, 3.05) is 37.3 Å². The van der Waals surface area contributed by atoms with Crippen molar-refractivity contribution in [3.63, 3.8) is 0 Å². The Bertz CT molecular complexity index is 1370. The summed E-state index contributed by atoms with van der Waals surface area (Å²) in [7, 11) is -3.51. The maximum Gasteiger partial charge on any atom is 0.256 e. The van der Waals surface area contributed by atoms with Gasteiger partial charge in [-0.15, -0.1) is 0 Å². The molecule has 2 aromatic carbocycles. The average molecular weight is 468 g/mol. The van der Waals surface area contributed by atoms with Crippen LogP contribution in [0.25, 0.3) is 5.69 Å². The molecule has 1 aliphatic rings. The number of nitrogens with zero attached hydrogens (tertiary/aromatic N) is 5. The van der Waals surface area contributed by atoms with Crippen LogP contribution >= 0.6 is 0 Å². The second-order valence-corrected chi connectivity index (χ2v) is 9.99. The first-order valence-electron chi connectivity index (χ1n) is 10.3. The molecule has 0 saturated carbocycles. The Morgan fingerprint density at radius 2 is 1.79 bits per heavy atom. The summed E-state index contributed by atoms with van der Waals surface area (Å²) in [5.74, 6) is -0.797. The molecular formula is C23H22FN5O3S. The lowest BCUT2D eigenvalue weighted by molar-refractivity contribution is 0.0746. The number of aryl methyl sites for hydroxylation is 1. The van der Waals surface area contributed by atoms with Crippen LogP contribution in [0.2, 0.25) is 0 Å². The van der Waals surface area contributed by atoms with Crippen LogP contribution in [-0.4, -0.2) is 61.4 Å². The van der Waals surface area contributed by atoms with Crippen molar-refractivity contribution < 1.29 is 17.6 Å². The first-order valence-corrected chi connectivity index (χ1v) is 12.2. The van der Waals surface area contributed by atoms with Gasteiger partial charge in [0.15, 0.2) is 9.84 Å². The Hall–Kier alpha value is -3.71. The van der Waals surface area contributed by atoms with E-state index in [1.807, 2.05) is 17.9 Å². The van der Waals surface area contributed by atoms with Crippen molar-refractivity contribution in [1.82, 2.24) is 14.7 Å². The van der Waals surface area contributed by atoms with Crippen molar-refractivity contribution in [3.8, 4) is 11.8 Å². The second kappa shape index (κ2) is 8.67. The second-order valence-electron chi connectivity index (χ2n) is 7.97. The number of rotatable bonds is 4. The molecule has 1 saturated heterocycles. The molecule has 170 valence electrons. The fourth-order valence-corrected chi connectivity index (χ4v) is 4.46. The van der Waals surface area contributed by atoms with Crippen molar-refractivity contribution in [1.29, 1.82) is 5.26 Å². The number of benzene rings is 2. The van der Waals surface area contributed by atoms with Crippen molar-refractivity contribution in [2.45, 2.75) is 11.8 Å². The highest BCUT2D eigenvalue weighted by molar-refractivity contribution is 7.90. The Kier molecular flexibility index (Phi) is 5.91. The van der Waals surface area contributed by atoms with E-state index in [2.05, 4.69) is 5.10 Å². The minimum absolute atomic E-state index is 0.0526. The summed E-state index contributed by atoms with van der Waals surface area (Å²) in [5.41, 5.74) is 2.25. The number of aromatic nitrogens is 2. The molecule has 0 aliphatic carbocycles. The molecule has 1 aliphatic heterocycles. The first-order chi connectivity index (χ1) is 15.7. The summed E-state index contributed by atoms with van der Waals surface area (Å²) in [5, 5.41) is 13.2. The summed E-state index contributed by atoms with van der Waals surface area (Å²) in [6.45, 7) is 3.34. The molecule has 0 radical (unpaired) electrons.